The van der Waals surface area contributed by atoms with Gasteiger partial charge in [-0.3, -0.25) is 15.1 Å². The van der Waals surface area contributed by atoms with Gasteiger partial charge < -0.3 is 15.4 Å². The Morgan fingerprint density at radius 1 is 1.12 bits per heavy atom. The van der Waals surface area contributed by atoms with Crippen LogP contribution in [-0.4, -0.2) is 24.5 Å². The van der Waals surface area contributed by atoms with Gasteiger partial charge in [0.1, 0.15) is 5.75 Å². The third-order valence-corrected chi connectivity index (χ3v) is 3.55. The highest BCUT2D eigenvalue weighted by Crippen LogP contribution is 2.17. The molecule has 0 heterocycles. The van der Waals surface area contributed by atoms with Crippen molar-refractivity contribution in [2.75, 3.05) is 13.7 Å². The molecule has 0 amide bonds. The zero-order valence-corrected chi connectivity index (χ0v) is 14.4. The standard InChI is InChI=1S/C18H22N4O3/c1-3-25-17-7-5-4-6-15(17)13-21-18(19-2)20-12-14-8-10-16(11-9-14)22(23)24/h4-11H,3,12-13H2,1-2H3,(H2,19,20,21). The molecule has 2 N–H and O–H groups in total. The first kappa shape index (κ1) is 18.3. The van der Waals surface area contributed by atoms with Gasteiger partial charge in [-0.25, -0.2) is 0 Å². The van der Waals surface area contributed by atoms with E-state index in [1.54, 1.807) is 19.2 Å². The maximum atomic E-state index is 10.7. The van der Waals surface area contributed by atoms with Crippen LogP contribution in [0.1, 0.15) is 18.1 Å². The summed E-state index contributed by atoms with van der Waals surface area (Å²) in [5, 5.41) is 17.1. The van der Waals surface area contributed by atoms with E-state index in [4.69, 9.17) is 4.74 Å². The van der Waals surface area contributed by atoms with E-state index in [9.17, 15) is 10.1 Å². The van der Waals surface area contributed by atoms with E-state index in [2.05, 4.69) is 15.6 Å². The molecule has 25 heavy (non-hydrogen) atoms. The Labute approximate surface area is 146 Å². The fourth-order valence-electron chi connectivity index (χ4n) is 2.27. The second-order valence-corrected chi connectivity index (χ2v) is 5.24. The smallest absolute Gasteiger partial charge is 0.269 e. The van der Waals surface area contributed by atoms with Gasteiger partial charge in [-0.15, -0.1) is 0 Å². The Bertz CT molecular complexity index is 729. The lowest BCUT2D eigenvalue weighted by Crippen LogP contribution is -2.36. The molecule has 0 aliphatic rings. The van der Waals surface area contributed by atoms with Crippen molar-refractivity contribution in [1.82, 2.24) is 10.6 Å². The Hall–Kier alpha value is -3.09. The zero-order chi connectivity index (χ0) is 18.1. The van der Waals surface area contributed by atoms with Crippen LogP contribution in [-0.2, 0) is 13.1 Å². The lowest BCUT2D eigenvalue weighted by molar-refractivity contribution is -0.384. The number of aliphatic imine (C=N–C) groups is 1. The van der Waals surface area contributed by atoms with Crippen molar-refractivity contribution in [2.24, 2.45) is 4.99 Å². The van der Waals surface area contributed by atoms with Gasteiger partial charge in [-0.2, -0.15) is 0 Å². The highest BCUT2D eigenvalue weighted by atomic mass is 16.6. The van der Waals surface area contributed by atoms with E-state index in [1.165, 1.54) is 12.1 Å². The van der Waals surface area contributed by atoms with Crippen molar-refractivity contribution in [3.05, 3.63) is 69.8 Å². The minimum Gasteiger partial charge on any atom is -0.494 e. The monoisotopic (exact) mass is 342 g/mol. The predicted octanol–water partition coefficient (Wildman–Crippen LogP) is 2.86. The first-order valence-electron chi connectivity index (χ1n) is 8.02. The average molecular weight is 342 g/mol. The fraction of sp³-hybridized carbons (Fsp3) is 0.278. The normalized spacial score (nSPS) is 11.0. The molecule has 2 aromatic rings. The molecule has 0 saturated heterocycles. The van der Waals surface area contributed by atoms with Crippen molar-refractivity contribution < 1.29 is 9.66 Å². The maximum Gasteiger partial charge on any atom is 0.269 e. The van der Waals surface area contributed by atoms with Gasteiger partial charge in [-0.1, -0.05) is 30.3 Å². The van der Waals surface area contributed by atoms with Crippen LogP contribution < -0.4 is 15.4 Å². The second-order valence-electron chi connectivity index (χ2n) is 5.24. The third-order valence-electron chi connectivity index (χ3n) is 3.55. The summed E-state index contributed by atoms with van der Waals surface area (Å²) in [4.78, 5) is 14.4. The summed E-state index contributed by atoms with van der Waals surface area (Å²) in [5.74, 6) is 1.49. The van der Waals surface area contributed by atoms with Gasteiger partial charge in [0, 0.05) is 37.8 Å². The summed E-state index contributed by atoms with van der Waals surface area (Å²) >= 11 is 0. The summed E-state index contributed by atoms with van der Waals surface area (Å²) in [5.41, 5.74) is 2.06. The molecule has 2 rings (SSSR count). The number of benzene rings is 2. The lowest BCUT2D eigenvalue weighted by Gasteiger charge is -2.14. The number of hydrogen-bond acceptors (Lipinski definition) is 4. The quantitative estimate of drug-likeness (QED) is 0.349. The van der Waals surface area contributed by atoms with Gasteiger partial charge in [0.15, 0.2) is 5.96 Å². The fourth-order valence-corrected chi connectivity index (χ4v) is 2.27. The number of ether oxygens (including phenoxy) is 1. The molecule has 0 spiro atoms. The molecule has 0 radical (unpaired) electrons. The Kier molecular flexibility index (Phi) is 6.76. The summed E-state index contributed by atoms with van der Waals surface area (Å²) in [7, 11) is 1.69. The molecular weight excluding hydrogens is 320 g/mol. The summed E-state index contributed by atoms with van der Waals surface area (Å²) in [6, 6.07) is 14.3. The van der Waals surface area contributed by atoms with Crippen LogP contribution in [0.3, 0.4) is 0 Å². The maximum absolute atomic E-state index is 10.7. The van der Waals surface area contributed by atoms with E-state index < -0.39 is 4.92 Å². The van der Waals surface area contributed by atoms with E-state index in [-0.39, 0.29) is 5.69 Å². The van der Waals surface area contributed by atoms with E-state index in [1.807, 2.05) is 31.2 Å². The molecule has 0 fully saturated rings. The number of nitro benzene ring substituents is 1. The van der Waals surface area contributed by atoms with Crippen molar-refractivity contribution in [3.8, 4) is 5.75 Å². The Morgan fingerprint density at radius 2 is 1.80 bits per heavy atom. The third kappa shape index (κ3) is 5.49. The zero-order valence-electron chi connectivity index (χ0n) is 14.4. The molecule has 0 aromatic heterocycles. The molecule has 0 bridgehead atoms. The second kappa shape index (κ2) is 9.27. The van der Waals surface area contributed by atoms with Crippen LogP contribution in [0, 0.1) is 10.1 Å². The molecule has 7 nitrogen and oxygen atoms in total. The highest BCUT2D eigenvalue weighted by Gasteiger charge is 2.06. The molecule has 0 aliphatic carbocycles. The molecule has 0 saturated carbocycles. The summed E-state index contributed by atoms with van der Waals surface area (Å²) in [6.07, 6.45) is 0. The number of nitro groups is 1. The van der Waals surface area contributed by atoms with Gasteiger partial charge >= 0.3 is 0 Å². The number of para-hydroxylation sites is 1. The van der Waals surface area contributed by atoms with Crippen LogP contribution in [0.2, 0.25) is 0 Å². The predicted molar refractivity (Wildman–Crippen MR) is 97.7 cm³/mol. The average Bonchev–Trinajstić information content (AvgIpc) is 2.63. The number of guanidine groups is 1. The van der Waals surface area contributed by atoms with Crippen LogP contribution in [0.15, 0.2) is 53.5 Å². The molecule has 0 atom stereocenters. The van der Waals surface area contributed by atoms with Crippen LogP contribution in [0.25, 0.3) is 0 Å². The van der Waals surface area contributed by atoms with Crippen molar-refractivity contribution in [1.29, 1.82) is 0 Å². The van der Waals surface area contributed by atoms with Crippen molar-refractivity contribution in [2.45, 2.75) is 20.0 Å². The number of nitrogens with one attached hydrogen (secondary N) is 2. The number of non-ortho nitro benzene ring substituents is 1. The minimum atomic E-state index is -0.409. The number of hydrogen-bond donors (Lipinski definition) is 2. The van der Waals surface area contributed by atoms with Crippen LogP contribution >= 0.6 is 0 Å². The largest absolute Gasteiger partial charge is 0.494 e. The van der Waals surface area contributed by atoms with E-state index in [0.29, 0.717) is 25.7 Å². The number of rotatable bonds is 7. The Balaban J connectivity index is 1.90. The van der Waals surface area contributed by atoms with Gasteiger partial charge in [-0.05, 0) is 18.6 Å². The first-order chi connectivity index (χ1) is 12.1. The van der Waals surface area contributed by atoms with Gasteiger partial charge in [0.2, 0.25) is 0 Å². The van der Waals surface area contributed by atoms with E-state index >= 15 is 0 Å². The lowest BCUT2D eigenvalue weighted by atomic mass is 10.2. The minimum absolute atomic E-state index is 0.0822. The molecule has 132 valence electrons. The number of nitrogens with zero attached hydrogens (tertiary/aromatic N) is 2. The molecule has 0 unspecified atom stereocenters. The van der Waals surface area contributed by atoms with E-state index in [0.717, 1.165) is 16.9 Å². The topological polar surface area (TPSA) is 88.8 Å². The van der Waals surface area contributed by atoms with Gasteiger partial charge in [0.05, 0.1) is 11.5 Å². The molecule has 2 aromatic carbocycles. The Morgan fingerprint density at radius 3 is 2.44 bits per heavy atom. The van der Waals surface area contributed by atoms with Gasteiger partial charge in [0.25, 0.3) is 5.69 Å². The van der Waals surface area contributed by atoms with Crippen LogP contribution in [0.5, 0.6) is 5.75 Å². The van der Waals surface area contributed by atoms with Crippen LogP contribution in [0.4, 0.5) is 5.69 Å². The highest BCUT2D eigenvalue weighted by molar-refractivity contribution is 5.79. The SMILES string of the molecule is CCOc1ccccc1CNC(=NC)NCc1ccc([N+](=O)[O-])cc1. The van der Waals surface area contributed by atoms with Crippen molar-refractivity contribution in [3.63, 3.8) is 0 Å². The van der Waals surface area contributed by atoms with Crippen molar-refractivity contribution >= 4 is 11.6 Å². The summed E-state index contributed by atoms with van der Waals surface area (Å²) in [6.45, 7) is 3.67. The molecular formula is C18H22N4O3. The first-order valence-corrected chi connectivity index (χ1v) is 8.02. The molecule has 0 aliphatic heterocycles. The summed E-state index contributed by atoms with van der Waals surface area (Å²) < 4.78 is 5.61. The molecule has 7 heteroatoms.